The number of benzene rings is 1. The number of likely N-dealkylation sites (tertiary alicyclic amines) is 1. The number of amides is 3. The van der Waals surface area contributed by atoms with Crippen molar-refractivity contribution in [1.29, 1.82) is 0 Å². The first kappa shape index (κ1) is 27.6. The van der Waals surface area contributed by atoms with E-state index < -0.39 is 29.6 Å². The van der Waals surface area contributed by atoms with Crippen LogP contribution < -0.4 is 15.4 Å². The van der Waals surface area contributed by atoms with E-state index in [2.05, 4.69) is 10.6 Å². The van der Waals surface area contributed by atoms with Gasteiger partial charge in [-0.15, -0.1) is 0 Å². The van der Waals surface area contributed by atoms with Gasteiger partial charge in [-0.25, -0.2) is 0 Å². The predicted octanol–water partition coefficient (Wildman–Crippen LogP) is 3.44. The van der Waals surface area contributed by atoms with Crippen molar-refractivity contribution in [1.82, 2.24) is 10.2 Å². The molecular weight excluding hydrogens is 498 g/mol. The fourth-order valence-corrected chi connectivity index (χ4v) is 6.62. The summed E-state index contributed by atoms with van der Waals surface area (Å²) in [6.45, 7) is 7.25. The Balaban J connectivity index is 1.37. The molecule has 3 amide bonds. The number of anilines is 1. The van der Waals surface area contributed by atoms with Crippen molar-refractivity contribution < 1.29 is 28.6 Å². The van der Waals surface area contributed by atoms with Crippen molar-refractivity contribution in [2.24, 2.45) is 11.8 Å². The Morgan fingerprint density at radius 3 is 2.56 bits per heavy atom. The van der Waals surface area contributed by atoms with Gasteiger partial charge in [-0.3, -0.25) is 14.4 Å². The summed E-state index contributed by atoms with van der Waals surface area (Å²) in [5, 5.41) is 6.18. The minimum atomic E-state index is -1.15. The monoisotopic (exact) mass is 539 g/mol. The van der Waals surface area contributed by atoms with E-state index in [9.17, 15) is 14.4 Å². The third-order valence-corrected chi connectivity index (χ3v) is 8.30. The number of carbonyl (C=O) groups excluding carboxylic acids is 3. The molecule has 1 aromatic rings. The Bertz CT molecular complexity index is 1080. The van der Waals surface area contributed by atoms with Crippen LogP contribution in [-0.4, -0.2) is 72.3 Å². The number of hydrogen-bond acceptors (Lipinski definition) is 6. The van der Waals surface area contributed by atoms with Crippen molar-refractivity contribution in [3.05, 3.63) is 36.4 Å². The highest BCUT2D eigenvalue weighted by Crippen LogP contribution is 2.55. The predicted molar refractivity (Wildman–Crippen MR) is 146 cm³/mol. The molecule has 3 heterocycles. The van der Waals surface area contributed by atoms with Gasteiger partial charge in [-0.2, -0.15) is 0 Å². The van der Waals surface area contributed by atoms with Crippen molar-refractivity contribution in [3.63, 3.8) is 0 Å². The van der Waals surface area contributed by atoms with Gasteiger partial charge < -0.3 is 29.7 Å². The van der Waals surface area contributed by atoms with Gasteiger partial charge in [0.2, 0.25) is 17.7 Å². The van der Waals surface area contributed by atoms with Gasteiger partial charge in [0, 0.05) is 24.9 Å². The summed E-state index contributed by atoms with van der Waals surface area (Å²) in [6.07, 6.45) is 9.06. The summed E-state index contributed by atoms with van der Waals surface area (Å²) < 4.78 is 17.6. The number of hydrogen-bond donors (Lipinski definition) is 2. The van der Waals surface area contributed by atoms with Crippen LogP contribution in [0.2, 0.25) is 0 Å². The lowest BCUT2D eigenvalue weighted by Gasteiger charge is -2.34. The lowest BCUT2D eigenvalue weighted by molar-refractivity contribution is -0.141. The first-order chi connectivity index (χ1) is 18.8. The summed E-state index contributed by atoms with van der Waals surface area (Å²) >= 11 is 0. The van der Waals surface area contributed by atoms with E-state index in [-0.39, 0.29) is 29.9 Å². The molecule has 1 saturated carbocycles. The zero-order valence-electron chi connectivity index (χ0n) is 23.2. The van der Waals surface area contributed by atoms with Crippen LogP contribution in [0.15, 0.2) is 36.4 Å². The maximum atomic E-state index is 14.0. The van der Waals surface area contributed by atoms with Crippen molar-refractivity contribution in [3.8, 4) is 5.75 Å². The van der Waals surface area contributed by atoms with Crippen molar-refractivity contribution >= 4 is 23.4 Å². The highest BCUT2D eigenvalue weighted by Gasteiger charge is 2.72. The molecule has 0 aromatic heterocycles. The minimum absolute atomic E-state index is 0.0835. The van der Waals surface area contributed by atoms with Crippen LogP contribution >= 0.6 is 0 Å². The standard InChI is InChI=1S/C30H41N3O6/c1-4-37-22-13-11-21(12-14-22)31-27(34)24-23-15-16-30(39-23)25(24)29(36)33(17-8-18-38-19(2)3)26(30)28(35)32-20-9-6-5-7-10-20/h11-16,19-20,23-26H,4-10,17-18H2,1-3H3,(H,31,34)(H,32,35)/t23-,24+,25-,26+,30-/m0/s1. The Hall–Kier alpha value is -2.91. The number of rotatable bonds is 11. The average molecular weight is 540 g/mol. The molecule has 39 heavy (non-hydrogen) atoms. The zero-order chi connectivity index (χ0) is 27.6. The second kappa shape index (κ2) is 11.7. The zero-order valence-corrected chi connectivity index (χ0v) is 23.2. The van der Waals surface area contributed by atoms with Crippen LogP contribution in [0.5, 0.6) is 5.75 Å². The fourth-order valence-electron chi connectivity index (χ4n) is 6.62. The van der Waals surface area contributed by atoms with E-state index in [1.54, 1.807) is 29.2 Å². The molecule has 2 saturated heterocycles. The molecule has 5 atom stereocenters. The molecule has 5 rings (SSSR count). The highest BCUT2D eigenvalue weighted by molar-refractivity contribution is 6.02. The molecule has 1 aromatic carbocycles. The van der Waals surface area contributed by atoms with Crippen molar-refractivity contribution in [2.75, 3.05) is 25.1 Å². The maximum absolute atomic E-state index is 14.0. The van der Waals surface area contributed by atoms with E-state index >= 15 is 0 Å². The average Bonchev–Trinajstić information content (AvgIpc) is 3.56. The molecule has 4 aliphatic rings. The summed E-state index contributed by atoms with van der Waals surface area (Å²) in [7, 11) is 0. The fraction of sp³-hybridized carbons (Fsp3) is 0.633. The first-order valence-corrected chi connectivity index (χ1v) is 14.5. The van der Waals surface area contributed by atoms with Gasteiger partial charge in [0.25, 0.3) is 0 Å². The SMILES string of the molecule is CCOc1ccc(NC(=O)[C@@H]2[C@@H]3C=C[C@]4(O3)[C@@H]2C(=O)N(CCCOC(C)C)[C@@H]4C(=O)NC2CCCCC2)cc1. The minimum Gasteiger partial charge on any atom is -0.494 e. The third-order valence-electron chi connectivity index (χ3n) is 8.30. The first-order valence-electron chi connectivity index (χ1n) is 14.5. The molecule has 1 aliphatic carbocycles. The van der Waals surface area contributed by atoms with Crippen LogP contribution in [0, 0.1) is 11.8 Å². The van der Waals surface area contributed by atoms with Gasteiger partial charge in [-0.05, 0) is 64.3 Å². The molecule has 9 nitrogen and oxygen atoms in total. The van der Waals surface area contributed by atoms with Crippen LogP contribution in [-0.2, 0) is 23.9 Å². The number of nitrogens with one attached hydrogen (secondary N) is 2. The summed E-state index contributed by atoms with van der Waals surface area (Å²) in [4.78, 5) is 43.0. The second-order valence-electron chi connectivity index (χ2n) is 11.3. The van der Waals surface area contributed by atoms with E-state index in [1.807, 2.05) is 32.9 Å². The van der Waals surface area contributed by atoms with Crippen LogP contribution in [0.4, 0.5) is 5.69 Å². The Labute approximate surface area is 230 Å². The van der Waals surface area contributed by atoms with Crippen LogP contribution in [0.1, 0.15) is 59.3 Å². The van der Waals surface area contributed by atoms with Gasteiger partial charge in [0.05, 0.1) is 30.7 Å². The van der Waals surface area contributed by atoms with Crippen LogP contribution in [0.25, 0.3) is 0 Å². The van der Waals surface area contributed by atoms with E-state index in [1.165, 1.54) is 6.42 Å². The summed E-state index contributed by atoms with van der Waals surface area (Å²) in [5.41, 5.74) is -0.538. The third kappa shape index (κ3) is 5.43. The smallest absolute Gasteiger partial charge is 0.246 e. The van der Waals surface area contributed by atoms with Crippen LogP contribution in [0.3, 0.4) is 0 Å². The molecule has 212 valence electrons. The second-order valence-corrected chi connectivity index (χ2v) is 11.3. The summed E-state index contributed by atoms with van der Waals surface area (Å²) in [5.74, 6) is -1.46. The molecule has 1 spiro atoms. The molecule has 3 fully saturated rings. The summed E-state index contributed by atoms with van der Waals surface area (Å²) in [6, 6.07) is 6.43. The lowest BCUT2D eigenvalue weighted by Crippen LogP contribution is -2.56. The topological polar surface area (TPSA) is 106 Å². The number of ether oxygens (including phenoxy) is 3. The molecule has 9 heteroatoms. The largest absolute Gasteiger partial charge is 0.494 e. The van der Waals surface area contributed by atoms with E-state index in [0.29, 0.717) is 31.9 Å². The number of carbonyl (C=O) groups is 3. The van der Waals surface area contributed by atoms with E-state index in [0.717, 1.165) is 31.4 Å². The van der Waals surface area contributed by atoms with Gasteiger partial charge in [-0.1, -0.05) is 31.4 Å². The van der Waals surface area contributed by atoms with Gasteiger partial charge >= 0.3 is 0 Å². The van der Waals surface area contributed by atoms with Gasteiger partial charge in [0.1, 0.15) is 17.4 Å². The number of nitrogens with zero attached hydrogens (tertiary/aromatic N) is 1. The maximum Gasteiger partial charge on any atom is 0.246 e. The normalized spacial score (nSPS) is 29.6. The molecule has 3 aliphatic heterocycles. The van der Waals surface area contributed by atoms with Gasteiger partial charge in [0.15, 0.2) is 0 Å². The molecule has 0 radical (unpaired) electrons. The quantitative estimate of drug-likeness (QED) is 0.330. The molecular formula is C30H41N3O6. The van der Waals surface area contributed by atoms with Crippen molar-refractivity contribution in [2.45, 2.75) is 89.2 Å². The Morgan fingerprint density at radius 2 is 1.87 bits per heavy atom. The highest BCUT2D eigenvalue weighted by atomic mass is 16.5. The lowest BCUT2D eigenvalue weighted by atomic mass is 9.74. The molecule has 0 unspecified atom stereocenters. The van der Waals surface area contributed by atoms with E-state index in [4.69, 9.17) is 14.2 Å². The Kier molecular flexibility index (Phi) is 8.28. The Morgan fingerprint density at radius 1 is 1.13 bits per heavy atom. The molecule has 2 bridgehead atoms. The molecule has 2 N–H and O–H groups in total. The number of fused-ring (bicyclic) bond motifs is 1.